The van der Waals surface area contributed by atoms with Gasteiger partial charge in [0, 0.05) is 19.0 Å². The predicted octanol–water partition coefficient (Wildman–Crippen LogP) is 1.42. The SMILES string of the molecule is CN1C[C@@H](C(=O)O)[C@H](c2ccccc2)C1. The molecule has 1 saturated heterocycles. The lowest BCUT2D eigenvalue weighted by Gasteiger charge is -2.14. The number of carboxylic acids is 1. The van der Waals surface area contributed by atoms with Crippen LogP contribution in [0.4, 0.5) is 0 Å². The monoisotopic (exact) mass is 205 g/mol. The molecule has 0 spiro atoms. The van der Waals surface area contributed by atoms with Gasteiger partial charge in [-0.05, 0) is 12.6 Å². The van der Waals surface area contributed by atoms with Crippen LogP contribution in [0.2, 0.25) is 0 Å². The summed E-state index contributed by atoms with van der Waals surface area (Å²) in [5, 5.41) is 9.14. The molecule has 1 fully saturated rings. The lowest BCUT2D eigenvalue weighted by molar-refractivity contribution is -0.141. The Morgan fingerprint density at radius 1 is 1.33 bits per heavy atom. The van der Waals surface area contributed by atoms with Crippen LogP contribution >= 0.6 is 0 Å². The van der Waals surface area contributed by atoms with Crippen molar-refractivity contribution in [2.24, 2.45) is 5.92 Å². The van der Waals surface area contributed by atoms with Crippen LogP contribution in [0.5, 0.6) is 0 Å². The molecule has 0 amide bonds. The van der Waals surface area contributed by atoms with Crippen molar-refractivity contribution in [1.29, 1.82) is 0 Å². The summed E-state index contributed by atoms with van der Waals surface area (Å²) in [5.41, 5.74) is 1.13. The quantitative estimate of drug-likeness (QED) is 0.793. The minimum Gasteiger partial charge on any atom is -0.481 e. The van der Waals surface area contributed by atoms with Crippen molar-refractivity contribution in [2.75, 3.05) is 20.1 Å². The standard InChI is InChI=1S/C12H15NO2/c1-13-7-10(11(8-13)12(14)15)9-5-3-2-4-6-9/h2-6,10-11H,7-8H2,1H3,(H,14,15)/t10-,11+/m0/s1. The highest BCUT2D eigenvalue weighted by Crippen LogP contribution is 2.31. The smallest absolute Gasteiger partial charge is 0.308 e. The third-order valence-corrected chi connectivity index (χ3v) is 3.05. The van der Waals surface area contributed by atoms with Crippen LogP contribution < -0.4 is 0 Å². The molecule has 3 nitrogen and oxygen atoms in total. The Bertz CT molecular complexity index is 350. The Balaban J connectivity index is 2.24. The van der Waals surface area contributed by atoms with Crippen LogP contribution in [-0.4, -0.2) is 36.1 Å². The van der Waals surface area contributed by atoms with E-state index in [0.29, 0.717) is 6.54 Å². The van der Waals surface area contributed by atoms with Gasteiger partial charge in [-0.25, -0.2) is 0 Å². The fourth-order valence-corrected chi connectivity index (χ4v) is 2.29. The first kappa shape index (κ1) is 10.2. The molecule has 1 aromatic rings. The van der Waals surface area contributed by atoms with Crippen LogP contribution in [0.25, 0.3) is 0 Å². The summed E-state index contributed by atoms with van der Waals surface area (Å²) in [6.45, 7) is 1.48. The van der Waals surface area contributed by atoms with Crippen LogP contribution in [0.1, 0.15) is 11.5 Å². The Labute approximate surface area is 89.3 Å². The number of hydrogen-bond acceptors (Lipinski definition) is 2. The molecule has 1 aromatic carbocycles. The summed E-state index contributed by atoms with van der Waals surface area (Å²) in [6, 6.07) is 9.91. The topological polar surface area (TPSA) is 40.5 Å². The molecule has 3 heteroatoms. The van der Waals surface area contributed by atoms with E-state index in [1.807, 2.05) is 37.4 Å². The highest BCUT2D eigenvalue weighted by atomic mass is 16.4. The Hall–Kier alpha value is -1.35. The molecular weight excluding hydrogens is 190 g/mol. The lowest BCUT2D eigenvalue weighted by atomic mass is 9.89. The molecule has 1 N–H and O–H groups in total. The lowest BCUT2D eigenvalue weighted by Crippen LogP contribution is -2.21. The van der Waals surface area contributed by atoms with Crippen LogP contribution in [-0.2, 0) is 4.79 Å². The summed E-state index contributed by atoms with van der Waals surface area (Å²) in [7, 11) is 1.97. The van der Waals surface area contributed by atoms with Crippen LogP contribution in [0.15, 0.2) is 30.3 Å². The first-order valence-electron chi connectivity index (χ1n) is 5.15. The molecule has 0 saturated carbocycles. The average molecular weight is 205 g/mol. The number of carbonyl (C=O) groups is 1. The summed E-state index contributed by atoms with van der Waals surface area (Å²) in [6.07, 6.45) is 0. The number of aliphatic carboxylic acids is 1. The molecule has 0 aliphatic carbocycles. The highest BCUT2D eigenvalue weighted by Gasteiger charge is 2.36. The van der Waals surface area contributed by atoms with Gasteiger partial charge in [-0.1, -0.05) is 30.3 Å². The minimum atomic E-state index is -0.687. The molecule has 1 heterocycles. The van der Waals surface area contributed by atoms with Crippen LogP contribution in [0.3, 0.4) is 0 Å². The van der Waals surface area contributed by atoms with E-state index in [2.05, 4.69) is 4.90 Å². The summed E-state index contributed by atoms with van der Waals surface area (Å²) in [5.74, 6) is -0.820. The normalized spacial score (nSPS) is 26.7. The van der Waals surface area contributed by atoms with E-state index >= 15 is 0 Å². The van der Waals surface area contributed by atoms with E-state index in [-0.39, 0.29) is 11.8 Å². The molecule has 0 unspecified atom stereocenters. The van der Waals surface area contributed by atoms with Crippen molar-refractivity contribution < 1.29 is 9.90 Å². The van der Waals surface area contributed by atoms with Crippen molar-refractivity contribution in [3.05, 3.63) is 35.9 Å². The molecule has 15 heavy (non-hydrogen) atoms. The Kier molecular flexibility index (Phi) is 2.73. The average Bonchev–Trinajstić information content (AvgIpc) is 2.62. The molecule has 80 valence electrons. The maximum atomic E-state index is 11.1. The zero-order valence-electron chi connectivity index (χ0n) is 8.76. The number of hydrogen-bond donors (Lipinski definition) is 1. The van der Waals surface area contributed by atoms with E-state index in [1.54, 1.807) is 0 Å². The second kappa shape index (κ2) is 4.03. The van der Waals surface area contributed by atoms with E-state index in [9.17, 15) is 4.79 Å². The second-order valence-corrected chi connectivity index (χ2v) is 4.18. The molecule has 0 bridgehead atoms. The zero-order valence-corrected chi connectivity index (χ0v) is 8.76. The van der Waals surface area contributed by atoms with Crippen molar-refractivity contribution in [2.45, 2.75) is 5.92 Å². The van der Waals surface area contributed by atoms with Gasteiger partial charge in [0.1, 0.15) is 0 Å². The fraction of sp³-hybridized carbons (Fsp3) is 0.417. The van der Waals surface area contributed by atoms with E-state index in [1.165, 1.54) is 0 Å². The first-order valence-corrected chi connectivity index (χ1v) is 5.15. The van der Waals surface area contributed by atoms with Gasteiger partial charge in [0.2, 0.25) is 0 Å². The van der Waals surface area contributed by atoms with Gasteiger partial charge in [-0.3, -0.25) is 4.79 Å². The molecule has 2 rings (SSSR count). The molecule has 0 aromatic heterocycles. The summed E-state index contributed by atoms with van der Waals surface area (Å²) >= 11 is 0. The molecular formula is C12H15NO2. The van der Waals surface area contributed by atoms with Crippen LogP contribution in [0, 0.1) is 5.92 Å². The zero-order chi connectivity index (χ0) is 10.8. The van der Waals surface area contributed by atoms with Gasteiger partial charge in [-0.2, -0.15) is 0 Å². The van der Waals surface area contributed by atoms with Gasteiger partial charge in [0.05, 0.1) is 5.92 Å². The summed E-state index contributed by atoms with van der Waals surface area (Å²) in [4.78, 5) is 13.2. The van der Waals surface area contributed by atoms with Crippen molar-refractivity contribution in [3.8, 4) is 0 Å². The van der Waals surface area contributed by atoms with E-state index in [4.69, 9.17) is 5.11 Å². The van der Waals surface area contributed by atoms with E-state index in [0.717, 1.165) is 12.1 Å². The number of likely N-dealkylation sites (tertiary alicyclic amines) is 1. The largest absolute Gasteiger partial charge is 0.481 e. The first-order chi connectivity index (χ1) is 7.18. The number of likely N-dealkylation sites (N-methyl/N-ethyl adjacent to an activating group) is 1. The van der Waals surface area contributed by atoms with Crippen molar-refractivity contribution >= 4 is 5.97 Å². The van der Waals surface area contributed by atoms with Gasteiger partial charge in [0.15, 0.2) is 0 Å². The van der Waals surface area contributed by atoms with Crippen molar-refractivity contribution in [1.82, 2.24) is 4.90 Å². The van der Waals surface area contributed by atoms with E-state index < -0.39 is 5.97 Å². The molecule has 2 atom stereocenters. The fourth-order valence-electron chi connectivity index (χ4n) is 2.29. The molecule has 1 aliphatic rings. The van der Waals surface area contributed by atoms with Crippen molar-refractivity contribution in [3.63, 3.8) is 0 Å². The van der Waals surface area contributed by atoms with Gasteiger partial charge >= 0.3 is 5.97 Å². The number of rotatable bonds is 2. The second-order valence-electron chi connectivity index (χ2n) is 4.18. The summed E-state index contributed by atoms with van der Waals surface area (Å²) < 4.78 is 0. The predicted molar refractivity (Wildman–Crippen MR) is 57.8 cm³/mol. The van der Waals surface area contributed by atoms with Gasteiger partial charge in [0.25, 0.3) is 0 Å². The van der Waals surface area contributed by atoms with Gasteiger partial charge in [-0.15, -0.1) is 0 Å². The molecule has 1 aliphatic heterocycles. The minimum absolute atomic E-state index is 0.133. The number of nitrogens with zero attached hydrogens (tertiary/aromatic N) is 1. The highest BCUT2D eigenvalue weighted by molar-refractivity contribution is 5.72. The molecule has 0 radical (unpaired) electrons. The van der Waals surface area contributed by atoms with Gasteiger partial charge < -0.3 is 10.0 Å². The Morgan fingerprint density at radius 3 is 2.60 bits per heavy atom. The third kappa shape index (κ3) is 2.02. The number of carboxylic acid groups (broad SMARTS) is 1. The Morgan fingerprint density at radius 2 is 2.00 bits per heavy atom. The number of benzene rings is 1. The maximum Gasteiger partial charge on any atom is 0.308 e. The third-order valence-electron chi connectivity index (χ3n) is 3.05. The maximum absolute atomic E-state index is 11.1.